The second-order valence-electron chi connectivity index (χ2n) is 4.93. The molecule has 0 bridgehead atoms. The normalized spacial score (nSPS) is 30.9. The SMILES string of the molecule is NCC1(C2(O)CCCCC2)CCC1. The third kappa shape index (κ3) is 1.31. The van der Waals surface area contributed by atoms with Crippen molar-refractivity contribution in [1.29, 1.82) is 0 Å². The summed E-state index contributed by atoms with van der Waals surface area (Å²) in [5, 5.41) is 10.6. The molecule has 0 spiro atoms. The van der Waals surface area contributed by atoms with Gasteiger partial charge in [0.25, 0.3) is 0 Å². The summed E-state index contributed by atoms with van der Waals surface area (Å²) in [4.78, 5) is 0. The van der Waals surface area contributed by atoms with Crippen molar-refractivity contribution in [3.8, 4) is 0 Å². The summed E-state index contributed by atoms with van der Waals surface area (Å²) in [6.45, 7) is 0.684. The van der Waals surface area contributed by atoms with Crippen LogP contribution in [0.5, 0.6) is 0 Å². The first kappa shape index (κ1) is 9.47. The maximum atomic E-state index is 10.6. The van der Waals surface area contributed by atoms with Gasteiger partial charge in [-0.05, 0) is 25.7 Å². The number of aliphatic hydroxyl groups is 1. The van der Waals surface area contributed by atoms with Crippen molar-refractivity contribution >= 4 is 0 Å². The summed E-state index contributed by atoms with van der Waals surface area (Å²) in [5.74, 6) is 0. The minimum atomic E-state index is -0.405. The number of rotatable bonds is 2. The van der Waals surface area contributed by atoms with Crippen LogP contribution in [0.1, 0.15) is 51.4 Å². The fraction of sp³-hybridized carbons (Fsp3) is 1.00. The quantitative estimate of drug-likeness (QED) is 0.686. The Morgan fingerprint density at radius 2 is 1.54 bits per heavy atom. The number of hydrogen-bond acceptors (Lipinski definition) is 2. The molecule has 0 aromatic carbocycles. The first-order chi connectivity index (χ1) is 6.22. The lowest BCUT2D eigenvalue weighted by Gasteiger charge is -2.54. The van der Waals surface area contributed by atoms with Gasteiger partial charge in [-0.15, -0.1) is 0 Å². The highest BCUT2D eigenvalue weighted by atomic mass is 16.3. The molecule has 2 fully saturated rings. The van der Waals surface area contributed by atoms with Crippen LogP contribution in [0.3, 0.4) is 0 Å². The molecule has 2 saturated carbocycles. The molecule has 0 atom stereocenters. The molecule has 13 heavy (non-hydrogen) atoms. The molecule has 76 valence electrons. The first-order valence-electron chi connectivity index (χ1n) is 5.65. The van der Waals surface area contributed by atoms with Crippen LogP contribution >= 0.6 is 0 Å². The van der Waals surface area contributed by atoms with Crippen LogP contribution in [0.4, 0.5) is 0 Å². The van der Waals surface area contributed by atoms with Crippen molar-refractivity contribution in [1.82, 2.24) is 0 Å². The molecule has 0 saturated heterocycles. The van der Waals surface area contributed by atoms with Crippen LogP contribution in [0.2, 0.25) is 0 Å². The Kier molecular flexibility index (Phi) is 2.37. The van der Waals surface area contributed by atoms with Crippen molar-refractivity contribution in [3.63, 3.8) is 0 Å². The van der Waals surface area contributed by atoms with E-state index in [2.05, 4.69) is 0 Å². The fourth-order valence-electron chi connectivity index (χ4n) is 3.13. The van der Waals surface area contributed by atoms with E-state index in [0.29, 0.717) is 6.54 Å². The Morgan fingerprint density at radius 3 is 1.92 bits per heavy atom. The Morgan fingerprint density at radius 1 is 0.923 bits per heavy atom. The molecular formula is C11H21NO. The zero-order valence-electron chi connectivity index (χ0n) is 8.39. The van der Waals surface area contributed by atoms with Gasteiger partial charge < -0.3 is 10.8 Å². The minimum Gasteiger partial charge on any atom is -0.389 e. The number of nitrogens with two attached hydrogens (primary N) is 1. The molecule has 0 amide bonds. The third-order valence-electron chi connectivity index (χ3n) is 4.37. The molecular weight excluding hydrogens is 162 g/mol. The Hall–Kier alpha value is -0.0800. The first-order valence-corrected chi connectivity index (χ1v) is 5.65. The Bertz CT molecular complexity index is 175. The molecule has 2 rings (SSSR count). The molecule has 0 aromatic heterocycles. The van der Waals surface area contributed by atoms with Gasteiger partial charge in [-0.3, -0.25) is 0 Å². The van der Waals surface area contributed by atoms with Crippen molar-refractivity contribution in [3.05, 3.63) is 0 Å². The van der Waals surface area contributed by atoms with E-state index in [0.717, 1.165) is 25.7 Å². The van der Waals surface area contributed by atoms with Crippen molar-refractivity contribution in [2.24, 2.45) is 11.1 Å². The Labute approximate surface area is 80.5 Å². The van der Waals surface area contributed by atoms with E-state index in [1.54, 1.807) is 0 Å². The molecule has 2 aliphatic rings. The topological polar surface area (TPSA) is 46.2 Å². The summed E-state index contributed by atoms with van der Waals surface area (Å²) < 4.78 is 0. The van der Waals surface area contributed by atoms with Gasteiger partial charge >= 0.3 is 0 Å². The Balaban J connectivity index is 2.10. The van der Waals surface area contributed by atoms with Gasteiger partial charge in [0, 0.05) is 12.0 Å². The molecule has 0 aliphatic heterocycles. The van der Waals surface area contributed by atoms with E-state index < -0.39 is 5.60 Å². The average Bonchev–Trinajstić information content (AvgIpc) is 2.04. The van der Waals surface area contributed by atoms with E-state index in [1.165, 1.54) is 25.7 Å². The molecule has 3 N–H and O–H groups in total. The summed E-state index contributed by atoms with van der Waals surface area (Å²) >= 11 is 0. The van der Waals surface area contributed by atoms with Crippen molar-refractivity contribution in [2.45, 2.75) is 57.0 Å². The molecule has 0 unspecified atom stereocenters. The summed E-state index contributed by atoms with van der Waals surface area (Å²) in [6.07, 6.45) is 9.23. The summed E-state index contributed by atoms with van der Waals surface area (Å²) in [6, 6.07) is 0. The highest BCUT2D eigenvalue weighted by molar-refractivity contribution is 5.05. The van der Waals surface area contributed by atoms with Crippen LogP contribution in [0, 0.1) is 5.41 Å². The van der Waals surface area contributed by atoms with Gasteiger partial charge in [0.15, 0.2) is 0 Å². The lowest BCUT2D eigenvalue weighted by molar-refractivity contribution is -0.142. The second kappa shape index (κ2) is 3.25. The predicted molar refractivity (Wildman–Crippen MR) is 53.4 cm³/mol. The fourth-order valence-corrected chi connectivity index (χ4v) is 3.13. The standard InChI is InChI=1S/C11H21NO/c12-9-10(5-4-6-10)11(13)7-2-1-3-8-11/h13H,1-9,12H2. The summed E-state index contributed by atoms with van der Waals surface area (Å²) in [5.41, 5.74) is 5.52. The van der Waals surface area contributed by atoms with E-state index in [9.17, 15) is 5.11 Å². The smallest absolute Gasteiger partial charge is 0.0715 e. The van der Waals surface area contributed by atoms with Crippen LogP contribution in [-0.4, -0.2) is 17.3 Å². The number of hydrogen-bond donors (Lipinski definition) is 2. The van der Waals surface area contributed by atoms with Gasteiger partial charge in [0.05, 0.1) is 5.60 Å². The maximum absolute atomic E-state index is 10.6. The molecule has 2 aliphatic carbocycles. The summed E-state index contributed by atoms with van der Waals surface area (Å²) in [7, 11) is 0. The molecule has 2 heteroatoms. The van der Waals surface area contributed by atoms with E-state index in [-0.39, 0.29) is 5.41 Å². The van der Waals surface area contributed by atoms with Gasteiger partial charge in [0.2, 0.25) is 0 Å². The monoisotopic (exact) mass is 183 g/mol. The zero-order valence-corrected chi connectivity index (χ0v) is 8.39. The van der Waals surface area contributed by atoms with Crippen molar-refractivity contribution < 1.29 is 5.11 Å². The maximum Gasteiger partial charge on any atom is 0.0715 e. The van der Waals surface area contributed by atoms with E-state index in [4.69, 9.17) is 5.73 Å². The van der Waals surface area contributed by atoms with Gasteiger partial charge in [-0.25, -0.2) is 0 Å². The molecule has 2 nitrogen and oxygen atoms in total. The largest absolute Gasteiger partial charge is 0.389 e. The highest BCUT2D eigenvalue weighted by Crippen LogP contribution is 2.53. The van der Waals surface area contributed by atoms with Crippen LogP contribution in [-0.2, 0) is 0 Å². The third-order valence-corrected chi connectivity index (χ3v) is 4.37. The van der Waals surface area contributed by atoms with Crippen LogP contribution in [0.15, 0.2) is 0 Å². The van der Waals surface area contributed by atoms with Gasteiger partial charge in [-0.2, -0.15) is 0 Å². The van der Waals surface area contributed by atoms with E-state index >= 15 is 0 Å². The minimum absolute atomic E-state index is 0.105. The predicted octanol–water partition coefficient (Wildman–Crippen LogP) is 1.81. The van der Waals surface area contributed by atoms with Gasteiger partial charge in [0.1, 0.15) is 0 Å². The lowest BCUT2D eigenvalue weighted by Crippen LogP contribution is -2.57. The second-order valence-corrected chi connectivity index (χ2v) is 4.93. The van der Waals surface area contributed by atoms with Gasteiger partial charge in [-0.1, -0.05) is 25.7 Å². The van der Waals surface area contributed by atoms with Crippen LogP contribution in [0.25, 0.3) is 0 Å². The zero-order chi connectivity index (χ0) is 9.36. The molecule has 0 heterocycles. The van der Waals surface area contributed by atoms with E-state index in [1.807, 2.05) is 0 Å². The molecule has 0 radical (unpaired) electrons. The average molecular weight is 183 g/mol. The lowest BCUT2D eigenvalue weighted by atomic mass is 9.55. The highest BCUT2D eigenvalue weighted by Gasteiger charge is 2.52. The van der Waals surface area contributed by atoms with Crippen molar-refractivity contribution in [2.75, 3.05) is 6.54 Å². The van der Waals surface area contributed by atoms with Crippen LogP contribution < -0.4 is 5.73 Å². The molecule has 0 aromatic rings.